The molecular weight excluding hydrogens is 298 g/mol. The molecule has 0 atom stereocenters. The number of nitrogen functional groups attached to an aromatic ring is 1. The molecule has 3 N–H and O–H groups in total. The summed E-state index contributed by atoms with van der Waals surface area (Å²) >= 11 is 2.97. The Balaban J connectivity index is 2.21. The summed E-state index contributed by atoms with van der Waals surface area (Å²) in [5, 5.41) is 14.0. The van der Waals surface area contributed by atoms with Gasteiger partial charge in [-0.2, -0.15) is 0 Å². The Kier molecular flexibility index (Phi) is 4.74. The molecule has 2 aromatic heterocycles. The molecule has 20 heavy (non-hydrogen) atoms. The molecule has 0 aromatic carbocycles. The Morgan fingerprint density at radius 3 is 3.10 bits per heavy atom. The molecule has 0 aliphatic heterocycles. The van der Waals surface area contributed by atoms with Gasteiger partial charge in [0, 0.05) is 10.6 Å². The van der Waals surface area contributed by atoms with Gasteiger partial charge < -0.3 is 10.5 Å². The normalized spacial score (nSPS) is 10.4. The molecule has 0 unspecified atom stereocenters. The van der Waals surface area contributed by atoms with Gasteiger partial charge in [0.05, 0.1) is 6.61 Å². The van der Waals surface area contributed by atoms with E-state index < -0.39 is 6.09 Å². The zero-order valence-corrected chi connectivity index (χ0v) is 12.3. The molecule has 0 aliphatic carbocycles. The molecule has 2 heterocycles. The number of nitrogens with one attached hydrogen (secondary N) is 1. The minimum absolute atomic E-state index is 0.0540. The number of hydrogen-bond donors (Lipinski definition) is 2. The van der Waals surface area contributed by atoms with Crippen molar-refractivity contribution in [3.8, 4) is 0 Å². The van der Waals surface area contributed by atoms with E-state index in [9.17, 15) is 4.79 Å². The van der Waals surface area contributed by atoms with Gasteiger partial charge in [-0.15, -0.1) is 21.1 Å². The average molecular weight is 311 g/mol. The maximum atomic E-state index is 11.7. The highest BCUT2D eigenvalue weighted by atomic mass is 32.2. The van der Waals surface area contributed by atoms with Crippen LogP contribution in [0.1, 0.15) is 11.8 Å². The monoisotopic (exact) mass is 311 g/mol. The number of nitrogens with two attached hydrogens (primary N) is 1. The second-order valence-corrected chi connectivity index (χ2v) is 5.58. The first-order chi connectivity index (χ1) is 9.61. The van der Waals surface area contributed by atoms with E-state index >= 15 is 0 Å². The van der Waals surface area contributed by atoms with Crippen LogP contribution in [0.25, 0.3) is 0 Å². The fraction of sp³-hybridized carbons (Fsp3) is 0.273. The second kappa shape index (κ2) is 6.53. The van der Waals surface area contributed by atoms with Crippen molar-refractivity contribution in [2.24, 2.45) is 0 Å². The van der Waals surface area contributed by atoms with Gasteiger partial charge in [-0.05, 0) is 18.4 Å². The summed E-state index contributed by atoms with van der Waals surface area (Å²) in [6.45, 7) is 1.88. The Hall–Kier alpha value is -1.87. The lowest BCUT2D eigenvalue weighted by atomic mass is 10.5. The minimum atomic E-state index is -0.732. The van der Waals surface area contributed by atoms with E-state index in [1.807, 2.05) is 17.5 Å². The summed E-state index contributed by atoms with van der Waals surface area (Å²) < 4.78 is 5.64. The molecule has 0 saturated heterocycles. The highest BCUT2D eigenvalue weighted by Crippen LogP contribution is 2.21. The van der Waals surface area contributed by atoms with E-state index in [1.54, 1.807) is 18.3 Å². The lowest BCUT2D eigenvalue weighted by molar-refractivity contribution is 0.147. The second-order valence-electron chi connectivity index (χ2n) is 3.61. The van der Waals surface area contributed by atoms with Crippen molar-refractivity contribution in [1.82, 2.24) is 14.8 Å². The lowest BCUT2D eigenvalue weighted by Crippen LogP contribution is -2.33. The number of anilines is 1. The Bertz CT molecular complexity index is 653. The molecule has 0 spiro atoms. The standard InChI is InChI=1S/C11H13N5O2S2/c1-2-18-11(17)16-9(13)8(12)14-10(15-16)20-6-7-4-3-5-19-7/h3-5,13H,2,6H2,1H3,(H2,12,14,15). The first-order valence-electron chi connectivity index (χ1n) is 5.75. The van der Waals surface area contributed by atoms with Gasteiger partial charge in [0.25, 0.3) is 0 Å². The molecule has 0 amide bonds. The third kappa shape index (κ3) is 3.36. The maximum absolute atomic E-state index is 11.7. The predicted molar refractivity (Wildman–Crippen MR) is 76.6 cm³/mol. The number of aromatic nitrogens is 3. The number of thioether (sulfide) groups is 1. The molecule has 0 aliphatic rings. The van der Waals surface area contributed by atoms with Gasteiger partial charge in [0.1, 0.15) is 0 Å². The van der Waals surface area contributed by atoms with E-state index in [2.05, 4.69) is 10.1 Å². The third-order valence-electron chi connectivity index (χ3n) is 2.22. The average Bonchev–Trinajstić information content (AvgIpc) is 2.93. The third-order valence-corrected chi connectivity index (χ3v) is 4.17. The van der Waals surface area contributed by atoms with E-state index in [1.165, 1.54) is 11.8 Å². The van der Waals surface area contributed by atoms with E-state index in [0.29, 0.717) is 10.9 Å². The van der Waals surface area contributed by atoms with E-state index in [-0.39, 0.29) is 17.9 Å². The van der Waals surface area contributed by atoms with Gasteiger partial charge in [0.15, 0.2) is 11.3 Å². The first kappa shape index (κ1) is 14.5. The summed E-state index contributed by atoms with van der Waals surface area (Å²) in [7, 11) is 0. The van der Waals surface area contributed by atoms with Gasteiger partial charge >= 0.3 is 6.09 Å². The first-order valence-corrected chi connectivity index (χ1v) is 7.62. The van der Waals surface area contributed by atoms with Crippen LogP contribution in [0.4, 0.5) is 10.6 Å². The largest absolute Gasteiger partial charge is 0.448 e. The number of nitrogens with zero attached hydrogens (tertiary/aromatic N) is 3. The van der Waals surface area contributed by atoms with Crippen LogP contribution in [-0.2, 0) is 10.5 Å². The van der Waals surface area contributed by atoms with Crippen molar-refractivity contribution < 1.29 is 9.53 Å². The van der Waals surface area contributed by atoms with Crippen molar-refractivity contribution in [1.29, 1.82) is 5.41 Å². The fourth-order valence-corrected chi connectivity index (χ4v) is 2.94. The number of carbonyl (C=O) groups excluding carboxylic acids is 1. The Morgan fingerprint density at radius 1 is 1.65 bits per heavy atom. The number of rotatable bonds is 4. The van der Waals surface area contributed by atoms with Crippen molar-refractivity contribution in [2.75, 3.05) is 12.3 Å². The van der Waals surface area contributed by atoms with Crippen molar-refractivity contribution in [2.45, 2.75) is 17.8 Å². The zero-order chi connectivity index (χ0) is 14.5. The van der Waals surface area contributed by atoms with E-state index in [4.69, 9.17) is 15.9 Å². The zero-order valence-electron chi connectivity index (χ0n) is 10.7. The van der Waals surface area contributed by atoms with E-state index in [0.717, 1.165) is 9.56 Å². The number of ether oxygens (including phenoxy) is 1. The van der Waals surface area contributed by atoms with Gasteiger partial charge in [-0.25, -0.2) is 9.78 Å². The summed E-state index contributed by atoms with van der Waals surface area (Å²) in [6, 6.07) is 3.96. The van der Waals surface area contributed by atoms with Crippen LogP contribution in [0, 0.1) is 5.41 Å². The Morgan fingerprint density at radius 2 is 2.45 bits per heavy atom. The number of hydrogen-bond acceptors (Lipinski definition) is 8. The van der Waals surface area contributed by atoms with Crippen LogP contribution in [0.15, 0.2) is 22.7 Å². The number of thiophene rings is 1. The summed E-state index contributed by atoms with van der Waals surface area (Å²) in [6.07, 6.45) is -0.732. The molecule has 0 radical (unpaired) electrons. The molecular formula is C11H13N5O2S2. The molecule has 106 valence electrons. The fourth-order valence-electron chi connectivity index (χ4n) is 1.33. The van der Waals surface area contributed by atoms with Crippen LogP contribution in [0.5, 0.6) is 0 Å². The lowest BCUT2D eigenvalue weighted by Gasteiger charge is -2.07. The summed E-state index contributed by atoms with van der Waals surface area (Å²) in [5.41, 5.74) is 5.35. The molecule has 7 nitrogen and oxygen atoms in total. The van der Waals surface area contributed by atoms with Gasteiger partial charge in [-0.1, -0.05) is 17.8 Å². The van der Waals surface area contributed by atoms with Gasteiger partial charge in [-0.3, -0.25) is 5.41 Å². The van der Waals surface area contributed by atoms with Crippen LogP contribution in [0.2, 0.25) is 0 Å². The molecule has 9 heteroatoms. The summed E-state index contributed by atoms with van der Waals surface area (Å²) in [5.74, 6) is 0.624. The topological polar surface area (TPSA) is 107 Å². The summed E-state index contributed by atoms with van der Waals surface area (Å²) in [4.78, 5) is 16.8. The predicted octanol–water partition coefficient (Wildman–Crippen LogP) is 1.70. The minimum Gasteiger partial charge on any atom is -0.448 e. The van der Waals surface area contributed by atoms with Crippen molar-refractivity contribution >= 4 is 35.0 Å². The quantitative estimate of drug-likeness (QED) is 0.832. The highest BCUT2D eigenvalue weighted by molar-refractivity contribution is 7.98. The van der Waals surface area contributed by atoms with Crippen molar-refractivity contribution in [3.05, 3.63) is 27.9 Å². The van der Waals surface area contributed by atoms with Crippen LogP contribution in [-0.4, -0.2) is 27.5 Å². The SMILES string of the molecule is CCOC(=O)n1nc(SCc2cccs2)nc(N)c1=N. The molecule has 0 saturated carbocycles. The van der Waals surface area contributed by atoms with Crippen molar-refractivity contribution in [3.63, 3.8) is 0 Å². The Labute approximate surface area is 123 Å². The highest BCUT2D eigenvalue weighted by Gasteiger charge is 2.13. The van der Waals surface area contributed by atoms with Crippen LogP contribution in [0.3, 0.4) is 0 Å². The smallest absolute Gasteiger partial charge is 0.436 e. The van der Waals surface area contributed by atoms with Crippen LogP contribution >= 0.6 is 23.1 Å². The molecule has 0 fully saturated rings. The molecule has 2 aromatic rings. The molecule has 0 bridgehead atoms. The maximum Gasteiger partial charge on any atom is 0.436 e. The van der Waals surface area contributed by atoms with Gasteiger partial charge in [0.2, 0.25) is 5.16 Å². The van der Waals surface area contributed by atoms with Crippen LogP contribution < -0.4 is 11.2 Å². The number of carbonyl (C=O) groups is 1. The molecule has 2 rings (SSSR count).